The first-order chi connectivity index (χ1) is 11.2. The van der Waals surface area contributed by atoms with Crippen molar-refractivity contribution in [3.05, 3.63) is 58.6 Å². The van der Waals surface area contributed by atoms with Gasteiger partial charge in [0.05, 0.1) is 12.1 Å². The van der Waals surface area contributed by atoms with Gasteiger partial charge >= 0.3 is 0 Å². The topological polar surface area (TPSA) is 47.6 Å². The summed E-state index contributed by atoms with van der Waals surface area (Å²) in [6.07, 6.45) is 2.32. The summed E-state index contributed by atoms with van der Waals surface area (Å²) >= 11 is 8.00. The van der Waals surface area contributed by atoms with Crippen molar-refractivity contribution in [2.75, 3.05) is 0 Å². The predicted octanol–water partition coefficient (Wildman–Crippen LogP) is 5.70. The molecule has 0 aromatic heterocycles. The SMILES string of the molecule is N#CCCC1(CCC#N)c2ccccc2Sc2ccc(Cl)cc21. The van der Waals surface area contributed by atoms with Crippen LogP contribution in [0.5, 0.6) is 0 Å². The number of nitrogens with zero attached hydrogens (tertiary/aromatic N) is 2. The molecule has 2 aromatic rings. The number of fused-ring (bicyclic) bond motifs is 2. The van der Waals surface area contributed by atoms with Gasteiger partial charge in [0.15, 0.2) is 0 Å². The number of hydrogen-bond donors (Lipinski definition) is 0. The van der Waals surface area contributed by atoms with E-state index in [0.29, 0.717) is 30.7 Å². The molecular weight excluding hydrogens is 324 g/mol. The Morgan fingerprint density at radius 1 is 0.913 bits per heavy atom. The van der Waals surface area contributed by atoms with Crippen LogP contribution in [-0.4, -0.2) is 0 Å². The smallest absolute Gasteiger partial charge is 0.0622 e. The molecule has 0 fully saturated rings. The summed E-state index contributed by atoms with van der Waals surface area (Å²) in [6.45, 7) is 0. The summed E-state index contributed by atoms with van der Waals surface area (Å²) in [5.74, 6) is 0. The average Bonchev–Trinajstić information content (AvgIpc) is 2.58. The molecule has 0 unspecified atom stereocenters. The molecule has 0 saturated heterocycles. The first-order valence-corrected chi connectivity index (χ1v) is 8.72. The van der Waals surface area contributed by atoms with Crippen molar-refractivity contribution in [1.29, 1.82) is 10.5 Å². The lowest BCUT2D eigenvalue weighted by molar-refractivity contribution is 0.430. The van der Waals surface area contributed by atoms with E-state index in [4.69, 9.17) is 22.1 Å². The zero-order chi connectivity index (χ0) is 16.3. The van der Waals surface area contributed by atoms with Crippen molar-refractivity contribution in [3.63, 3.8) is 0 Å². The summed E-state index contributed by atoms with van der Waals surface area (Å²) in [5.41, 5.74) is 2.05. The normalized spacial score (nSPS) is 14.2. The number of halogens is 1. The van der Waals surface area contributed by atoms with E-state index in [1.54, 1.807) is 11.8 Å². The van der Waals surface area contributed by atoms with Gasteiger partial charge in [0.1, 0.15) is 0 Å². The van der Waals surface area contributed by atoms with E-state index in [2.05, 4.69) is 24.3 Å². The Labute approximate surface area is 145 Å². The molecule has 3 rings (SSSR count). The third-order valence-corrected chi connectivity index (χ3v) is 5.79. The Morgan fingerprint density at radius 3 is 2.26 bits per heavy atom. The van der Waals surface area contributed by atoms with Crippen LogP contribution in [-0.2, 0) is 5.41 Å². The number of nitriles is 2. The third kappa shape index (κ3) is 2.83. The molecule has 0 atom stereocenters. The first-order valence-electron chi connectivity index (χ1n) is 7.52. The number of benzene rings is 2. The van der Waals surface area contributed by atoms with Crippen LogP contribution in [0.2, 0.25) is 5.02 Å². The summed E-state index contributed by atoms with van der Waals surface area (Å²) in [7, 11) is 0. The van der Waals surface area contributed by atoms with Crippen molar-refractivity contribution in [2.45, 2.75) is 40.9 Å². The van der Waals surface area contributed by atoms with Crippen molar-refractivity contribution < 1.29 is 0 Å². The van der Waals surface area contributed by atoms with Crippen LogP contribution in [0.1, 0.15) is 36.8 Å². The van der Waals surface area contributed by atoms with Crippen LogP contribution in [0, 0.1) is 22.7 Å². The van der Waals surface area contributed by atoms with Gasteiger partial charge in [0.25, 0.3) is 0 Å². The second kappa shape index (κ2) is 6.67. The molecule has 2 nitrogen and oxygen atoms in total. The third-order valence-electron chi connectivity index (χ3n) is 4.41. The lowest BCUT2D eigenvalue weighted by Gasteiger charge is -2.40. The second-order valence-corrected chi connectivity index (χ2v) is 7.16. The van der Waals surface area contributed by atoms with E-state index in [0.717, 1.165) is 5.56 Å². The van der Waals surface area contributed by atoms with Crippen molar-refractivity contribution in [2.24, 2.45) is 0 Å². The highest BCUT2D eigenvalue weighted by molar-refractivity contribution is 7.99. The highest BCUT2D eigenvalue weighted by atomic mass is 35.5. The van der Waals surface area contributed by atoms with Gasteiger partial charge in [0, 0.05) is 33.1 Å². The quantitative estimate of drug-likeness (QED) is 0.718. The molecular formula is C19H15ClN2S. The number of hydrogen-bond acceptors (Lipinski definition) is 3. The number of rotatable bonds is 4. The second-order valence-electron chi connectivity index (χ2n) is 5.64. The Kier molecular flexibility index (Phi) is 4.62. The largest absolute Gasteiger partial charge is 0.198 e. The Balaban J connectivity index is 2.24. The lowest BCUT2D eigenvalue weighted by Crippen LogP contribution is -2.31. The van der Waals surface area contributed by atoms with E-state index < -0.39 is 0 Å². The van der Waals surface area contributed by atoms with E-state index in [1.807, 2.05) is 30.3 Å². The van der Waals surface area contributed by atoms with Crippen LogP contribution in [0.4, 0.5) is 0 Å². The van der Waals surface area contributed by atoms with Gasteiger partial charge in [-0.25, -0.2) is 0 Å². The maximum Gasteiger partial charge on any atom is 0.0622 e. The molecule has 1 heterocycles. The molecule has 0 radical (unpaired) electrons. The maximum absolute atomic E-state index is 9.14. The molecule has 1 aliphatic rings. The highest BCUT2D eigenvalue weighted by Gasteiger charge is 2.40. The van der Waals surface area contributed by atoms with Crippen LogP contribution in [0.15, 0.2) is 52.3 Å². The van der Waals surface area contributed by atoms with Crippen molar-refractivity contribution >= 4 is 23.4 Å². The van der Waals surface area contributed by atoms with Gasteiger partial charge in [-0.3, -0.25) is 0 Å². The fourth-order valence-electron chi connectivity index (χ4n) is 3.38. The molecule has 0 amide bonds. The van der Waals surface area contributed by atoms with E-state index in [1.165, 1.54) is 15.4 Å². The molecule has 2 aromatic carbocycles. The lowest BCUT2D eigenvalue weighted by atomic mass is 9.68. The van der Waals surface area contributed by atoms with E-state index in [-0.39, 0.29) is 5.41 Å². The molecule has 1 aliphatic heterocycles. The Morgan fingerprint density at radius 2 is 1.57 bits per heavy atom. The van der Waals surface area contributed by atoms with E-state index in [9.17, 15) is 0 Å². The van der Waals surface area contributed by atoms with Gasteiger partial charge in [-0.05, 0) is 48.2 Å². The van der Waals surface area contributed by atoms with Crippen LogP contribution >= 0.6 is 23.4 Å². The van der Waals surface area contributed by atoms with Crippen molar-refractivity contribution in [3.8, 4) is 12.1 Å². The summed E-state index contributed by atoms with van der Waals surface area (Å²) < 4.78 is 0. The van der Waals surface area contributed by atoms with Gasteiger partial charge in [-0.1, -0.05) is 41.6 Å². The van der Waals surface area contributed by atoms with Crippen LogP contribution in [0.25, 0.3) is 0 Å². The summed E-state index contributed by atoms with van der Waals surface area (Å²) in [5, 5.41) is 19.0. The van der Waals surface area contributed by atoms with Crippen LogP contribution < -0.4 is 0 Å². The Bertz CT molecular complexity index is 799. The zero-order valence-corrected chi connectivity index (χ0v) is 14.1. The minimum Gasteiger partial charge on any atom is -0.198 e. The van der Waals surface area contributed by atoms with Gasteiger partial charge in [-0.15, -0.1) is 0 Å². The molecule has 0 saturated carbocycles. The standard InChI is InChI=1S/C19H15ClN2S/c20-14-7-8-18-16(13-14)19(9-3-11-21,10-4-12-22)15-5-1-2-6-17(15)23-18/h1-2,5-8,13H,3-4,9-10H2. The van der Waals surface area contributed by atoms with Gasteiger partial charge in [-0.2, -0.15) is 10.5 Å². The molecule has 23 heavy (non-hydrogen) atoms. The van der Waals surface area contributed by atoms with Gasteiger partial charge in [0.2, 0.25) is 0 Å². The highest BCUT2D eigenvalue weighted by Crippen LogP contribution is 2.53. The van der Waals surface area contributed by atoms with E-state index >= 15 is 0 Å². The Hall–Kier alpha value is -1.94. The predicted molar refractivity (Wildman–Crippen MR) is 92.5 cm³/mol. The monoisotopic (exact) mass is 338 g/mol. The van der Waals surface area contributed by atoms with Gasteiger partial charge < -0.3 is 0 Å². The van der Waals surface area contributed by atoms with Crippen molar-refractivity contribution in [1.82, 2.24) is 0 Å². The maximum atomic E-state index is 9.14. The first kappa shape index (κ1) is 15.9. The fraction of sp³-hybridized carbons (Fsp3) is 0.263. The molecule has 114 valence electrons. The molecule has 0 N–H and O–H groups in total. The molecule has 0 aliphatic carbocycles. The molecule has 0 bridgehead atoms. The minimum absolute atomic E-state index is 0.312. The fourth-order valence-corrected chi connectivity index (χ4v) is 4.81. The molecule has 4 heteroatoms. The van der Waals surface area contributed by atoms with Crippen LogP contribution in [0.3, 0.4) is 0 Å². The zero-order valence-electron chi connectivity index (χ0n) is 12.6. The molecule has 0 spiro atoms. The average molecular weight is 339 g/mol. The minimum atomic E-state index is -0.312. The summed E-state index contributed by atoms with van der Waals surface area (Å²) in [6, 6.07) is 18.8. The summed E-state index contributed by atoms with van der Waals surface area (Å²) in [4.78, 5) is 2.38.